The van der Waals surface area contributed by atoms with Crippen LogP contribution in [0.1, 0.15) is 12.1 Å². The highest BCUT2D eigenvalue weighted by atomic mass is 35.5. The number of hydrogen-bond donors (Lipinski definition) is 1. The number of nitrogens with zero attached hydrogens (tertiary/aromatic N) is 4. The normalized spacial score (nSPS) is 14.3. The second-order valence-corrected chi connectivity index (χ2v) is 8.07. The first-order valence-corrected chi connectivity index (χ1v) is 11.0. The summed E-state index contributed by atoms with van der Waals surface area (Å²) in [5.41, 5.74) is 4.07. The first-order valence-electron chi connectivity index (χ1n) is 10.6. The molecule has 0 aliphatic carbocycles. The van der Waals surface area contributed by atoms with Crippen molar-refractivity contribution in [3.63, 3.8) is 0 Å². The number of ether oxygens (including phenoxy) is 1. The third kappa shape index (κ3) is 4.40. The van der Waals surface area contributed by atoms with E-state index < -0.39 is 0 Å². The van der Waals surface area contributed by atoms with Crippen molar-refractivity contribution >= 4 is 45.0 Å². The van der Waals surface area contributed by atoms with E-state index in [1.165, 1.54) is 0 Å². The molecule has 0 atom stereocenters. The Bertz CT molecular complexity index is 1210. The van der Waals surface area contributed by atoms with Gasteiger partial charge in [0.1, 0.15) is 0 Å². The van der Waals surface area contributed by atoms with E-state index in [-0.39, 0.29) is 0 Å². The first kappa shape index (κ1) is 20.0. The molecule has 1 fully saturated rings. The molecule has 31 heavy (non-hydrogen) atoms. The van der Waals surface area contributed by atoms with E-state index in [0.717, 1.165) is 84.8 Å². The van der Waals surface area contributed by atoms with Crippen LogP contribution in [0.25, 0.3) is 21.8 Å². The number of benzene rings is 2. The van der Waals surface area contributed by atoms with Gasteiger partial charge in [-0.1, -0.05) is 29.8 Å². The monoisotopic (exact) mass is 433 g/mol. The predicted octanol–water partition coefficient (Wildman–Crippen LogP) is 4.71. The van der Waals surface area contributed by atoms with Crippen LogP contribution in [0.4, 0.5) is 11.6 Å². The number of rotatable bonds is 6. The minimum Gasteiger partial charge on any atom is -0.384 e. The topological polar surface area (TPSA) is 63.2 Å². The van der Waals surface area contributed by atoms with Crippen LogP contribution in [-0.4, -0.2) is 47.8 Å². The Morgan fingerprint density at radius 1 is 0.968 bits per heavy atom. The summed E-state index contributed by atoms with van der Waals surface area (Å²) in [4.78, 5) is 16.4. The first-order chi connectivity index (χ1) is 15.3. The summed E-state index contributed by atoms with van der Waals surface area (Å²) in [5, 5.41) is 6.45. The molecule has 3 heterocycles. The second kappa shape index (κ2) is 9.04. The second-order valence-electron chi connectivity index (χ2n) is 7.64. The van der Waals surface area contributed by atoms with Crippen LogP contribution < -0.4 is 10.2 Å². The van der Waals surface area contributed by atoms with Crippen LogP contribution in [0.2, 0.25) is 5.02 Å². The van der Waals surface area contributed by atoms with Gasteiger partial charge in [0, 0.05) is 47.3 Å². The molecule has 2 aromatic carbocycles. The molecule has 5 rings (SSSR count). The minimum atomic E-state index is 0.698. The SMILES string of the molecule is Clc1ccc2c(NCCCc3nc(N4CCOCC4)nc4ccccc34)ccnc2c1. The molecule has 0 unspecified atom stereocenters. The number of fused-ring (bicyclic) bond motifs is 2. The molecule has 0 amide bonds. The van der Waals surface area contributed by atoms with Crippen molar-refractivity contribution in [3.8, 4) is 0 Å². The van der Waals surface area contributed by atoms with Gasteiger partial charge in [-0.15, -0.1) is 0 Å². The van der Waals surface area contributed by atoms with Crippen molar-refractivity contribution in [1.82, 2.24) is 15.0 Å². The van der Waals surface area contributed by atoms with Gasteiger partial charge in [-0.3, -0.25) is 4.98 Å². The molecule has 2 aromatic heterocycles. The van der Waals surface area contributed by atoms with E-state index in [4.69, 9.17) is 26.3 Å². The molecule has 4 aromatic rings. The molecule has 1 saturated heterocycles. The number of hydrogen-bond acceptors (Lipinski definition) is 6. The molecular weight excluding hydrogens is 410 g/mol. The standard InChI is InChI=1S/C24H24ClN5O/c25-17-7-8-19-20(9-11-27-23(19)16-17)26-10-3-6-22-18-4-1-2-5-21(18)28-24(29-22)30-12-14-31-15-13-30/h1-2,4-5,7-9,11,16H,3,6,10,12-15H2,(H,26,27). The summed E-state index contributed by atoms with van der Waals surface area (Å²) >= 11 is 6.10. The van der Waals surface area contributed by atoms with E-state index in [9.17, 15) is 0 Å². The van der Waals surface area contributed by atoms with E-state index in [1.807, 2.05) is 36.5 Å². The Labute approximate surface area is 186 Å². The number of morpholine rings is 1. The van der Waals surface area contributed by atoms with Crippen molar-refractivity contribution < 1.29 is 4.74 Å². The van der Waals surface area contributed by atoms with Crippen LogP contribution in [0.5, 0.6) is 0 Å². The Morgan fingerprint density at radius 3 is 2.74 bits per heavy atom. The molecule has 6 nitrogen and oxygen atoms in total. The van der Waals surface area contributed by atoms with E-state index in [2.05, 4.69) is 33.4 Å². The Hall–Kier alpha value is -2.96. The highest BCUT2D eigenvalue weighted by Crippen LogP contribution is 2.25. The zero-order valence-electron chi connectivity index (χ0n) is 17.2. The number of pyridine rings is 1. The lowest BCUT2D eigenvalue weighted by Gasteiger charge is -2.27. The number of aromatic nitrogens is 3. The number of para-hydroxylation sites is 1. The summed E-state index contributed by atoms with van der Waals surface area (Å²) in [5.74, 6) is 0.807. The summed E-state index contributed by atoms with van der Waals surface area (Å²) in [7, 11) is 0. The zero-order valence-corrected chi connectivity index (χ0v) is 18.0. The molecule has 7 heteroatoms. The van der Waals surface area contributed by atoms with Gasteiger partial charge in [-0.05, 0) is 43.2 Å². The lowest BCUT2D eigenvalue weighted by Crippen LogP contribution is -2.37. The quantitative estimate of drug-likeness (QED) is 0.444. The third-order valence-corrected chi connectivity index (χ3v) is 5.81. The van der Waals surface area contributed by atoms with E-state index >= 15 is 0 Å². The number of anilines is 2. The van der Waals surface area contributed by atoms with E-state index in [0.29, 0.717) is 5.02 Å². The van der Waals surface area contributed by atoms with Crippen LogP contribution in [-0.2, 0) is 11.2 Å². The number of aryl methyl sites for hydroxylation is 1. The van der Waals surface area contributed by atoms with Gasteiger partial charge < -0.3 is 15.0 Å². The number of nitrogens with one attached hydrogen (secondary N) is 1. The molecule has 0 radical (unpaired) electrons. The molecule has 0 spiro atoms. The average Bonchev–Trinajstić information content (AvgIpc) is 2.82. The summed E-state index contributed by atoms with van der Waals surface area (Å²) in [6.07, 6.45) is 3.65. The summed E-state index contributed by atoms with van der Waals surface area (Å²) in [6, 6.07) is 16.1. The fourth-order valence-corrected chi connectivity index (χ4v) is 4.14. The largest absolute Gasteiger partial charge is 0.384 e. The fraction of sp³-hybridized carbons (Fsp3) is 0.292. The molecule has 1 aliphatic heterocycles. The maximum atomic E-state index is 6.10. The molecule has 1 aliphatic rings. The Balaban J connectivity index is 1.32. The molecule has 1 N–H and O–H groups in total. The molecule has 0 bridgehead atoms. The van der Waals surface area contributed by atoms with Gasteiger partial charge >= 0.3 is 0 Å². The van der Waals surface area contributed by atoms with Gasteiger partial charge in [0.2, 0.25) is 5.95 Å². The van der Waals surface area contributed by atoms with Gasteiger partial charge in [0.15, 0.2) is 0 Å². The lowest BCUT2D eigenvalue weighted by molar-refractivity contribution is 0.122. The summed E-state index contributed by atoms with van der Waals surface area (Å²) in [6.45, 7) is 3.95. The van der Waals surface area contributed by atoms with Crippen molar-refractivity contribution in [2.75, 3.05) is 43.1 Å². The molecule has 0 saturated carbocycles. The lowest BCUT2D eigenvalue weighted by atomic mass is 10.1. The zero-order chi connectivity index (χ0) is 21.0. The fourth-order valence-electron chi connectivity index (χ4n) is 3.98. The van der Waals surface area contributed by atoms with Crippen molar-refractivity contribution in [3.05, 3.63) is 65.4 Å². The molecule has 158 valence electrons. The number of halogens is 1. The highest BCUT2D eigenvalue weighted by molar-refractivity contribution is 6.31. The van der Waals surface area contributed by atoms with Gasteiger partial charge in [0.05, 0.1) is 29.9 Å². The van der Waals surface area contributed by atoms with Gasteiger partial charge in [-0.25, -0.2) is 9.97 Å². The predicted molar refractivity (Wildman–Crippen MR) is 126 cm³/mol. The Kier molecular flexibility index (Phi) is 5.82. The maximum absolute atomic E-state index is 6.10. The van der Waals surface area contributed by atoms with Gasteiger partial charge in [0.25, 0.3) is 0 Å². The van der Waals surface area contributed by atoms with Crippen molar-refractivity contribution in [1.29, 1.82) is 0 Å². The van der Waals surface area contributed by atoms with Crippen LogP contribution >= 0.6 is 11.6 Å². The molecular formula is C24H24ClN5O. The highest BCUT2D eigenvalue weighted by Gasteiger charge is 2.16. The maximum Gasteiger partial charge on any atom is 0.226 e. The van der Waals surface area contributed by atoms with Crippen molar-refractivity contribution in [2.45, 2.75) is 12.8 Å². The average molecular weight is 434 g/mol. The van der Waals surface area contributed by atoms with E-state index in [1.54, 1.807) is 0 Å². The summed E-state index contributed by atoms with van der Waals surface area (Å²) < 4.78 is 5.48. The van der Waals surface area contributed by atoms with Crippen LogP contribution in [0.15, 0.2) is 54.7 Å². The Morgan fingerprint density at radius 2 is 1.84 bits per heavy atom. The van der Waals surface area contributed by atoms with Gasteiger partial charge in [-0.2, -0.15) is 0 Å². The van der Waals surface area contributed by atoms with Crippen molar-refractivity contribution in [2.24, 2.45) is 0 Å². The minimum absolute atomic E-state index is 0.698. The smallest absolute Gasteiger partial charge is 0.226 e. The van der Waals surface area contributed by atoms with Crippen LogP contribution in [0, 0.1) is 0 Å². The van der Waals surface area contributed by atoms with Crippen LogP contribution in [0.3, 0.4) is 0 Å². The third-order valence-electron chi connectivity index (χ3n) is 5.57.